The van der Waals surface area contributed by atoms with Gasteiger partial charge in [-0.2, -0.15) is 0 Å². The fraction of sp³-hybridized carbons (Fsp3) is 0.364. The molecule has 0 atom stereocenters. The van der Waals surface area contributed by atoms with Crippen LogP contribution >= 0.6 is 0 Å². The first-order chi connectivity index (χ1) is 5.86. The second-order valence-corrected chi connectivity index (χ2v) is 3.33. The normalized spacial score (nSPS) is 16.2. The molecule has 0 saturated carbocycles. The summed E-state index contributed by atoms with van der Waals surface area (Å²) in [5.41, 5.74) is 3.84. The molecule has 1 aliphatic heterocycles. The minimum atomic E-state index is 1.15. The first-order valence-corrected chi connectivity index (χ1v) is 4.48. The molecule has 1 aromatic carbocycles. The van der Waals surface area contributed by atoms with Crippen molar-refractivity contribution >= 4 is 11.4 Å². The van der Waals surface area contributed by atoms with E-state index in [4.69, 9.17) is 0 Å². The molecule has 0 saturated heterocycles. The third-order valence-electron chi connectivity index (χ3n) is 2.29. The van der Waals surface area contributed by atoms with Crippen molar-refractivity contribution in [3.05, 3.63) is 29.8 Å². The average molecular weight is 159 g/mol. The van der Waals surface area contributed by atoms with E-state index in [1.165, 1.54) is 29.8 Å². The smallest absolute Gasteiger partial charge is 0.0660 e. The van der Waals surface area contributed by atoms with Gasteiger partial charge in [0.25, 0.3) is 0 Å². The van der Waals surface area contributed by atoms with Gasteiger partial charge in [0, 0.05) is 5.71 Å². The van der Waals surface area contributed by atoms with Crippen molar-refractivity contribution in [3.8, 4) is 0 Å². The number of nitrogens with zero attached hydrogens (tertiary/aromatic N) is 1. The van der Waals surface area contributed by atoms with E-state index in [2.05, 4.69) is 36.2 Å². The van der Waals surface area contributed by atoms with E-state index in [1.54, 1.807) is 0 Å². The molecule has 0 unspecified atom stereocenters. The molecule has 1 aliphatic rings. The molecule has 0 fully saturated rings. The monoisotopic (exact) mass is 159 g/mol. The van der Waals surface area contributed by atoms with Crippen molar-refractivity contribution in [2.75, 3.05) is 0 Å². The SMILES string of the molecule is CC1=Nc2ccccc2CCC1. The molecular formula is C11H13N. The van der Waals surface area contributed by atoms with Gasteiger partial charge in [-0.15, -0.1) is 0 Å². The van der Waals surface area contributed by atoms with E-state index in [0.717, 1.165) is 6.42 Å². The van der Waals surface area contributed by atoms with Crippen LogP contribution in [0, 0.1) is 0 Å². The summed E-state index contributed by atoms with van der Waals surface area (Å²) in [6, 6.07) is 8.43. The molecule has 0 aromatic heterocycles. The van der Waals surface area contributed by atoms with Crippen LogP contribution in [0.2, 0.25) is 0 Å². The van der Waals surface area contributed by atoms with Crippen LogP contribution in [0.25, 0.3) is 0 Å². The molecule has 1 aromatic rings. The predicted molar refractivity (Wildman–Crippen MR) is 52.1 cm³/mol. The van der Waals surface area contributed by atoms with E-state index in [9.17, 15) is 0 Å². The fourth-order valence-corrected chi connectivity index (χ4v) is 1.63. The van der Waals surface area contributed by atoms with Gasteiger partial charge in [0.05, 0.1) is 5.69 Å². The van der Waals surface area contributed by atoms with Gasteiger partial charge in [0.1, 0.15) is 0 Å². The van der Waals surface area contributed by atoms with E-state index in [-0.39, 0.29) is 0 Å². The molecule has 0 spiro atoms. The Kier molecular flexibility index (Phi) is 1.94. The Morgan fingerprint density at radius 3 is 2.92 bits per heavy atom. The molecule has 1 nitrogen and oxygen atoms in total. The predicted octanol–water partition coefficient (Wildman–Crippen LogP) is 3.12. The number of benzene rings is 1. The maximum absolute atomic E-state index is 4.56. The van der Waals surface area contributed by atoms with Crippen LogP contribution in [0.4, 0.5) is 5.69 Å². The lowest BCUT2D eigenvalue weighted by Gasteiger charge is -1.99. The van der Waals surface area contributed by atoms with Gasteiger partial charge in [-0.05, 0) is 37.8 Å². The molecule has 2 rings (SSSR count). The highest BCUT2D eigenvalue weighted by Crippen LogP contribution is 2.24. The van der Waals surface area contributed by atoms with Crippen LogP contribution in [0.3, 0.4) is 0 Å². The fourth-order valence-electron chi connectivity index (χ4n) is 1.63. The summed E-state index contributed by atoms with van der Waals surface area (Å²) in [6.07, 6.45) is 3.57. The maximum Gasteiger partial charge on any atom is 0.0660 e. The van der Waals surface area contributed by atoms with Crippen molar-refractivity contribution in [1.29, 1.82) is 0 Å². The molecule has 1 heterocycles. The summed E-state index contributed by atoms with van der Waals surface area (Å²) in [5, 5.41) is 0. The summed E-state index contributed by atoms with van der Waals surface area (Å²) in [7, 11) is 0. The quantitative estimate of drug-likeness (QED) is 0.551. The van der Waals surface area contributed by atoms with Crippen LogP contribution in [-0.4, -0.2) is 5.71 Å². The first-order valence-electron chi connectivity index (χ1n) is 4.48. The molecule has 0 aliphatic carbocycles. The van der Waals surface area contributed by atoms with Gasteiger partial charge in [-0.1, -0.05) is 18.2 Å². The Balaban J connectivity index is 2.47. The Bertz CT molecular complexity index is 313. The zero-order valence-corrected chi connectivity index (χ0v) is 7.38. The zero-order valence-electron chi connectivity index (χ0n) is 7.38. The topological polar surface area (TPSA) is 12.4 Å². The van der Waals surface area contributed by atoms with Crippen molar-refractivity contribution in [2.45, 2.75) is 26.2 Å². The minimum Gasteiger partial charge on any atom is -0.258 e. The summed E-state index contributed by atoms with van der Waals surface area (Å²) < 4.78 is 0. The number of aryl methyl sites for hydroxylation is 1. The van der Waals surface area contributed by atoms with Gasteiger partial charge in [0.2, 0.25) is 0 Å². The summed E-state index contributed by atoms with van der Waals surface area (Å²) in [6.45, 7) is 2.11. The third kappa shape index (κ3) is 1.40. The van der Waals surface area contributed by atoms with Crippen LogP contribution in [0.15, 0.2) is 29.3 Å². The maximum atomic E-state index is 4.56. The summed E-state index contributed by atoms with van der Waals surface area (Å²) in [5.74, 6) is 0. The lowest BCUT2D eigenvalue weighted by atomic mass is 10.1. The largest absolute Gasteiger partial charge is 0.258 e. The lowest BCUT2D eigenvalue weighted by molar-refractivity contribution is 0.876. The zero-order chi connectivity index (χ0) is 8.39. The van der Waals surface area contributed by atoms with E-state index < -0.39 is 0 Å². The van der Waals surface area contributed by atoms with Crippen molar-refractivity contribution < 1.29 is 0 Å². The molecule has 0 amide bonds. The van der Waals surface area contributed by atoms with Crippen molar-refractivity contribution in [1.82, 2.24) is 0 Å². The van der Waals surface area contributed by atoms with E-state index in [0.29, 0.717) is 0 Å². The number of aliphatic imine (C=N–C) groups is 1. The molecular weight excluding hydrogens is 146 g/mol. The highest BCUT2D eigenvalue weighted by molar-refractivity contribution is 5.85. The summed E-state index contributed by atoms with van der Waals surface area (Å²) in [4.78, 5) is 4.56. The minimum absolute atomic E-state index is 1.15. The highest BCUT2D eigenvalue weighted by Gasteiger charge is 2.05. The van der Waals surface area contributed by atoms with Crippen LogP contribution in [0.5, 0.6) is 0 Å². The van der Waals surface area contributed by atoms with Gasteiger partial charge in [0.15, 0.2) is 0 Å². The van der Waals surface area contributed by atoms with Gasteiger partial charge >= 0.3 is 0 Å². The van der Waals surface area contributed by atoms with E-state index in [1.807, 2.05) is 0 Å². The average Bonchev–Trinajstić information content (AvgIpc) is 2.25. The molecule has 12 heavy (non-hydrogen) atoms. The lowest BCUT2D eigenvalue weighted by Crippen LogP contribution is -1.87. The molecule has 62 valence electrons. The Labute approximate surface area is 73.1 Å². The number of para-hydroxylation sites is 1. The Morgan fingerprint density at radius 1 is 1.17 bits per heavy atom. The van der Waals surface area contributed by atoms with E-state index >= 15 is 0 Å². The van der Waals surface area contributed by atoms with Gasteiger partial charge in [-0.3, -0.25) is 4.99 Å². The number of hydrogen-bond donors (Lipinski definition) is 0. The number of rotatable bonds is 0. The first kappa shape index (κ1) is 7.53. The third-order valence-corrected chi connectivity index (χ3v) is 2.29. The molecule has 0 bridgehead atoms. The van der Waals surface area contributed by atoms with Gasteiger partial charge in [-0.25, -0.2) is 0 Å². The Morgan fingerprint density at radius 2 is 2.00 bits per heavy atom. The molecule has 0 radical (unpaired) electrons. The highest BCUT2D eigenvalue weighted by atomic mass is 14.7. The molecule has 1 heteroatoms. The number of hydrogen-bond acceptors (Lipinski definition) is 1. The van der Waals surface area contributed by atoms with Crippen molar-refractivity contribution in [2.24, 2.45) is 4.99 Å². The van der Waals surface area contributed by atoms with Crippen LogP contribution < -0.4 is 0 Å². The summed E-state index contributed by atoms with van der Waals surface area (Å²) >= 11 is 0. The standard InChI is InChI=1S/C11H13N/c1-9-5-4-7-10-6-2-3-8-11(10)12-9/h2-3,6,8H,4-5,7H2,1H3. The van der Waals surface area contributed by atoms with Crippen LogP contribution in [-0.2, 0) is 6.42 Å². The second kappa shape index (κ2) is 3.10. The van der Waals surface area contributed by atoms with Crippen LogP contribution in [0.1, 0.15) is 25.3 Å². The number of fused-ring (bicyclic) bond motifs is 1. The van der Waals surface area contributed by atoms with Gasteiger partial charge < -0.3 is 0 Å². The van der Waals surface area contributed by atoms with Crippen molar-refractivity contribution in [3.63, 3.8) is 0 Å². The molecule has 0 N–H and O–H groups in total. The Hall–Kier alpha value is -1.11. The second-order valence-electron chi connectivity index (χ2n) is 3.33.